The molecule has 1 heterocycles. The molecule has 2 aliphatic rings. The lowest BCUT2D eigenvalue weighted by atomic mass is 9.79. The summed E-state index contributed by atoms with van der Waals surface area (Å²) in [5, 5.41) is 0.708. The first-order chi connectivity index (χ1) is 8.47. The lowest BCUT2D eigenvalue weighted by Gasteiger charge is -2.39. The van der Waals surface area contributed by atoms with E-state index in [4.69, 9.17) is 0 Å². The maximum atomic E-state index is 12.3. The van der Waals surface area contributed by atoms with Crippen LogP contribution in [0.5, 0.6) is 0 Å². The zero-order valence-corrected chi connectivity index (χ0v) is 13.4. The molecule has 0 radical (unpaired) electrons. The van der Waals surface area contributed by atoms with E-state index < -0.39 is 10.2 Å². The van der Waals surface area contributed by atoms with E-state index in [9.17, 15) is 8.42 Å². The molecule has 1 saturated carbocycles. The van der Waals surface area contributed by atoms with Crippen molar-refractivity contribution in [2.24, 2.45) is 5.92 Å². The molecule has 0 spiro atoms. The van der Waals surface area contributed by atoms with Gasteiger partial charge in [-0.15, -0.1) is 0 Å². The van der Waals surface area contributed by atoms with E-state index >= 15 is 0 Å². The van der Waals surface area contributed by atoms with Gasteiger partial charge in [-0.3, -0.25) is 0 Å². The van der Waals surface area contributed by atoms with E-state index in [1.165, 1.54) is 0 Å². The van der Waals surface area contributed by atoms with Crippen LogP contribution < -0.4 is 4.72 Å². The third kappa shape index (κ3) is 3.26. The molecule has 0 aromatic carbocycles. The highest BCUT2D eigenvalue weighted by atomic mass is 79.9. The van der Waals surface area contributed by atoms with Crippen molar-refractivity contribution in [3.05, 3.63) is 0 Å². The van der Waals surface area contributed by atoms with Gasteiger partial charge in [-0.2, -0.15) is 17.4 Å². The molecule has 4 nitrogen and oxygen atoms in total. The minimum atomic E-state index is -3.29. The van der Waals surface area contributed by atoms with Crippen LogP contribution in [0.3, 0.4) is 0 Å². The molecule has 0 unspecified atom stereocenters. The summed E-state index contributed by atoms with van der Waals surface area (Å²) in [5.74, 6) is 0.716. The van der Waals surface area contributed by atoms with Gasteiger partial charge in [-0.1, -0.05) is 22.9 Å². The molecule has 1 N–H and O–H groups in total. The Labute approximate surface area is 119 Å². The van der Waals surface area contributed by atoms with Crippen molar-refractivity contribution in [1.82, 2.24) is 9.03 Å². The quantitative estimate of drug-likeness (QED) is 0.799. The van der Waals surface area contributed by atoms with E-state index in [-0.39, 0.29) is 5.54 Å². The van der Waals surface area contributed by atoms with Gasteiger partial charge in [0.2, 0.25) is 0 Å². The van der Waals surface area contributed by atoms with Crippen LogP contribution in [0, 0.1) is 5.92 Å². The first kappa shape index (κ1) is 14.8. The number of hydrogen-bond acceptors (Lipinski definition) is 2. The second kappa shape index (κ2) is 5.77. The Morgan fingerprint density at radius 1 is 1.28 bits per heavy atom. The van der Waals surface area contributed by atoms with E-state index in [1.54, 1.807) is 4.31 Å². The van der Waals surface area contributed by atoms with Crippen LogP contribution in [-0.2, 0) is 10.2 Å². The SMILES string of the molecule is CC1CCC(CBr)(NS(=O)(=O)N2CCCC2)CC1. The number of rotatable bonds is 4. The Kier molecular flexibility index (Phi) is 4.73. The van der Waals surface area contributed by atoms with Gasteiger partial charge in [0, 0.05) is 24.0 Å². The van der Waals surface area contributed by atoms with Crippen molar-refractivity contribution in [1.29, 1.82) is 0 Å². The second-order valence-electron chi connectivity index (χ2n) is 5.81. The minimum absolute atomic E-state index is 0.270. The standard InChI is InChI=1S/C12H23BrN2O2S/c1-11-4-6-12(10-13,7-5-11)14-18(16,17)15-8-2-3-9-15/h11,14H,2-10H2,1H3. The molecule has 106 valence electrons. The highest BCUT2D eigenvalue weighted by molar-refractivity contribution is 9.09. The zero-order valence-electron chi connectivity index (χ0n) is 11.0. The van der Waals surface area contributed by atoms with Crippen LogP contribution in [0.1, 0.15) is 45.4 Å². The molecular formula is C12H23BrN2O2S. The summed E-state index contributed by atoms with van der Waals surface area (Å²) in [7, 11) is -3.29. The Balaban J connectivity index is 2.05. The predicted octanol–water partition coefficient (Wildman–Crippen LogP) is 2.26. The summed E-state index contributed by atoms with van der Waals surface area (Å²) >= 11 is 3.50. The third-order valence-electron chi connectivity index (χ3n) is 4.24. The smallest absolute Gasteiger partial charge is 0.195 e. The van der Waals surface area contributed by atoms with Crippen LogP contribution in [0.15, 0.2) is 0 Å². The van der Waals surface area contributed by atoms with E-state index in [2.05, 4.69) is 27.6 Å². The molecule has 1 aliphatic heterocycles. The Morgan fingerprint density at radius 2 is 1.83 bits per heavy atom. The lowest BCUT2D eigenvalue weighted by molar-refractivity contribution is 0.245. The molecule has 6 heteroatoms. The van der Waals surface area contributed by atoms with Crippen molar-refractivity contribution in [2.45, 2.75) is 51.0 Å². The van der Waals surface area contributed by atoms with E-state index in [1.807, 2.05) is 0 Å². The van der Waals surface area contributed by atoms with Crippen LogP contribution in [-0.4, -0.2) is 36.7 Å². The van der Waals surface area contributed by atoms with Gasteiger partial charge in [-0.25, -0.2) is 0 Å². The molecular weight excluding hydrogens is 316 g/mol. The summed E-state index contributed by atoms with van der Waals surface area (Å²) in [6, 6.07) is 0. The first-order valence-corrected chi connectivity index (χ1v) is 9.39. The van der Waals surface area contributed by atoms with Crippen molar-refractivity contribution in [3.8, 4) is 0 Å². The highest BCUT2D eigenvalue weighted by Gasteiger charge is 2.39. The van der Waals surface area contributed by atoms with Crippen molar-refractivity contribution in [3.63, 3.8) is 0 Å². The summed E-state index contributed by atoms with van der Waals surface area (Å²) < 4.78 is 29.2. The average molecular weight is 339 g/mol. The fraction of sp³-hybridized carbons (Fsp3) is 1.00. The Bertz CT molecular complexity index is 372. The van der Waals surface area contributed by atoms with E-state index in [0.29, 0.717) is 24.3 Å². The van der Waals surface area contributed by atoms with Crippen molar-refractivity contribution in [2.75, 3.05) is 18.4 Å². The number of halogens is 1. The largest absolute Gasteiger partial charge is 0.279 e. The summed E-state index contributed by atoms with van der Waals surface area (Å²) in [6.07, 6.45) is 6.06. The van der Waals surface area contributed by atoms with Gasteiger partial charge in [0.05, 0.1) is 0 Å². The van der Waals surface area contributed by atoms with Gasteiger partial charge in [-0.05, 0) is 44.4 Å². The molecule has 2 rings (SSSR count). The van der Waals surface area contributed by atoms with Crippen LogP contribution in [0.25, 0.3) is 0 Å². The molecule has 1 saturated heterocycles. The Morgan fingerprint density at radius 3 is 2.33 bits per heavy atom. The third-order valence-corrected chi connectivity index (χ3v) is 7.05. The van der Waals surface area contributed by atoms with Crippen LogP contribution >= 0.6 is 15.9 Å². The first-order valence-electron chi connectivity index (χ1n) is 6.82. The van der Waals surface area contributed by atoms with Gasteiger partial charge in [0.1, 0.15) is 0 Å². The fourth-order valence-corrected chi connectivity index (χ4v) is 5.42. The lowest BCUT2D eigenvalue weighted by Crippen LogP contribution is -2.55. The predicted molar refractivity (Wildman–Crippen MR) is 77.0 cm³/mol. The van der Waals surface area contributed by atoms with Crippen LogP contribution in [0.4, 0.5) is 0 Å². The molecule has 0 bridgehead atoms. The molecule has 0 aromatic rings. The van der Waals surface area contributed by atoms with Gasteiger partial charge in [0.25, 0.3) is 10.2 Å². The molecule has 18 heavy (non-hydrogen) atoms. The second-order valence-corrected chi connectivity index (χ2v) is 8.04. The summed E-state index contributed by atoms with van der Waals surface area (Å²) in [5.41, 5.74) is -0.270. The minimum Gasteiger partial charge on any atom is -0.195 e. The van der Waals surface area contributed by atoms with Gasteiger partial charge >= 0.3 is 0 Å². The van der Waals surface area contributed by atoms with Crippen molar-refractivity contribution < 1.29 is 8.42 Å². The Hall–Kier alpha value is 0.350. The number of hydrogen-bond donors (Lipinski definition) is 1. The van der Waals surface area contributed by atoms with E-state index in [0.717, 1.165) is 38.5 Å². The molecule has 0 atom stereocenters. The molecule has 1 aliphatic carbocycles. The van der Waals surface area contributed by atoms with Gasteiger partial charge < -0.3 is 0 Å². The molecule has 0 amide bonds. The monoisotopic (exact) mass is 338 g/mol. The molecule has 0 aromatic heterocycles. The number of alkyl halides is 1. The van der Waals surface area contributed by atoms with Crippen molar-refractivity contribution >= 4 is 26.1 Å². The maximum Gasteiger partial charge on any atom is 0.279 e. The van der Waals surface area contributed by atoms with Crippen LogP contribution in [0.2, 0.25) is 0 Å². The average Bonchev–Trinajstić information content (AvgIpc) is 2.87. The van der Waals surface area contributed by atoms with Gasteiger partial charge in [0.15, 0.2) is 0 Å². The summed E-state index contributed by atoms with van der Waals surface area (Å²) in [4.78, 5) is 0. The normalized spacial score (nSPS) is 34.9. The zero-order chi connectivity index (χ0) is 13.2. The topological polar surface area (TPSA) is 49.4 Å². The maximum absolute atomic E-state index is 12.3. The highest BCUT2D eigenvalue weighted by Crippen LogP contribution is 2.34. The number of nitrogens with one attached hydrogen (secondary N) is 1. The number of nitrogens with zero attached hydrogens (tertiary/aromatic N) is 1. The molecule has 2 fully saturated rings. The summed E-state index contributed by atoms with van der Waals surface area (Å²) in [6.45, 7) is 3.58. The fourth-order valence-electron chi connectivity index (χ4n) is 2.84.